The lowest BCUT2D eigenvalue weighted by molar-refractivity contribution is 0.191. The van der Waals surface area contributed by atoms with Gasteiger partial charge >= 0.3 is 0 Å². The lowest BCUT2D eigenvalue weighted by atomic mass is 9.84. The molecule has 1 aliphatic heterocycles. The first-order valence-electron chi connectivity index (χ1n) is 3.68. The largest absolute Gasteiger partial charge is 0.316 e. The molecule has 0 aromatic rings. The highest BCUT2D eigenvalue weighted by molar-refractivity contribution is 4.89. The van der Waals surface area contributed by atoms with Crippen molar-refractivity contribution in [3.8, 4) is 0 Å². The summed E-state index contributed by atoms with van der Waals surface area (Å²) >= 11 is 0. The highest BCUT2D eigenvalue weighted by Gasteiger charge is 2.30. The zero-order chi connectivity index (χ0) is 6.74. The first kappa shape index (κ1) is 7.03. The molecule has 0 amide bonds. The van der Waals surface area contributed by atoms with Crippen molar-refractivity contribution < 1.29 is 0 Å². The second-order valence-corrected chi connectivity index (χ2v) is 3.19. The fraction of sp³-hybridized carbons (Fsp3) is 1.00. The van der Waals surface area contributed by atoms with E-state index in [1.54, 1.807) is 0 Å². The van der Waals surface area contributed by atoms with Gasteiger partial charge in [0.2, 0.25) is 0 Å². The second kappa shape index (κ2) is 2.67. The molecule has 0 atom stereocenters. The smallest absolute Gasteiger partial charge is 0.00490 e. The summed E-state index contributed by atoms with van der Waals surface area (Å²) in [4.78, 5) is 0. The summed E-state index contributed by atoms with van der Waals surface area (Å²) in [6.07, 6.45) is 0. The fourth-order valence-electron chi connectivity index (χ4n) is 1.10. The molecule has 9 heavy (non-hydrogen) atoms. The molecule has 0 spiro atoms. The van der Waals surface area contributed by atoms with E-state index in [1.165, 1.54) is 13.1 Å². The van der Waals surface area contributed by atoms with Gasteiger partial charge in [-0.1, -0.05) is 13.8 Å². The van der Waals surface area contributed by atoms with Crippen LogP contribution in [-0.2, 0) is 0 Å². The molecular formula is C7H16N2. The van der Waals surface area contributed by atoms with Gasteiger partial charge in [0.25, 0.3) is 0 Å². The van der Waals surface area contributed by atoms with E-state index >= 15 is 0 Å². The van der Waals surface area contributed by atoms with Crippen molar-refractivity contribution in [3.63, 3.8) is 0 Å². The van der Waals surface area contributed by atoms with Crippen molar-refractivity contribution in [2.45, 2.75) is 13.8 Å². The Morgan fingerprint density at radius 3 is 2.56 bits per heavy atom. The maximum atomic E-state index is 3.35. The van der Waals surface area contributed by atoms with Gasteiger partial charge in [-0.05, 0) is 6.54 Å². The van der Waals surface area contributed by atoms with Crippen LogP contribution in [0.15, 0.2) is 0 Å². The maximum absolute atomic E-state index is 3.35. The summed E-state index contributed by atoms with van der Waals surface area (Å²) in [5.74, 6) is 0. The van der Waals surface area contributed by atoms with Gasteiger partial charge in [0.15, 0.2) is 0 Å². The summed E-state index contributed by atoms with van der Waals surface area (Å²) in [5.41, 5.74) is 0.552. The Balaban J connectivity index is 2.09. The molecule has 1 fully saturated rings. The molecule has 54 valence electrons. The van der Waals surface area contributed by atoms with Crippen molar-refractivity contribution in [2.75, 3.05) is 26.2 Å². The quantitative estimate of drug-likeness (QED) is 0.567. The molecule has 0 saturated carbocycles. The van der Waals surface area contributed by atoms with Crippen LogP contribution in [0.2, 0.25) is 0 Å². The Labute approximate surface area is 57.0 Å². The zero-order valence-corrected chi connectivity index (χ0v) is 6.33. The van der Waals surface area contributed by atoms with E-state index in [1.807, 2.05) is 0 Å². The highest BCUT2D eigenvalue weighted by atomic mass is 15.0. The van der Waals surface area contributed by atoms with Crippen LogP contribution in [-0.4, -0.2) is 26.2 Å². The van der Waals surface area contributed by atoms with E-state index in [0.29, 0.717) is 5.41 Å². The summed E-state index contributed by atoms with van der Waals surface area (Å²) in [7, 11) is 0. The average molecular weight is 128 g/mol. The van der Waals surface area contributed by atoms with Crippen LogP contribution in [0.3, 0.4) is 0 Å². The number of hydrogen-bond donors (Lipinski definition) is 2. The van der Waals surface area contributed by atoms with Crippen LogP contribution in [0.1, 0.15) is 13.8 Å². The molecule has 1 aliphatic rings. The Bertz CT molecular complexity index is 86.9. The average Bonchev–Trinajstić information content (AvgIpc) is 1.79. The fourth-order valence-corrected chi connectivity index (χ4v) is 1.10. The van der Waals surface area contributed by atoms with E-state index in [4.69, 9.17) is 0 Å². The zero-order valence-electron chi connectivity index (χ0n) is 6.33. The predicted octanol–water partition coefficient (Wildman–Crippen LogP) is 0.205. The lowest BCUT2D eigenvalue weighted by Gasteiger charge is -2.39. The molecule has 2 N–H and O–H groups in total. The minimum atomic E-state index is 0.552. The summed E-state index contributed by atoms with van der Waals surface area (Å²) in [6.45, 7) is 9.08. The summed E-state index contributed by atoms with van der Waals surface area (Å²) in [5, 5.41) is 6.62. The normalized spacial score (nSPS) is 23.3. The summed E-state index contributed by atoms with van der Waals surface area (Å²) in [6, 6.07) is 0. The van der Waals surface area contributed by atoms with Crippen molar-refractivity contribution in [1.82, 2.24) is 10.6 Å². The molecule has 0 radical (unpaired) electrons. The SMILES string of the molecule is CCNCC1(C)CNC1. The van der Waals surface area contributed by atoms with Gasteiger partial charge in [-0.2, -0.15) is 0 Å². The van der Waals surface area contributed by atoms with Crippen LogP contribution >= 0.6 is 0 Å². The molecule has 0 bridgehead atoms. The second-order valence-electron chi connectivity index (χ2n) is 3.19. The Morgan fingerprint density at radius 2 is 2.22 bits per heavy atom. The monoisotopic (exact) mass is 128 g/mol. The van der Waals surface area contributed by atoms with Gasteiger partial charge in [-0.15, -0.1) is 0 Å². The van der Waals surface area contributed by atoms with Gasteiger partial charge in [-0.25, -0.2) is 0 Å². The Morgan fingerprint density at radius 1 is 1.56 bits per heavy atom. The molecule has 2 nitrogen and oxygen atoms in total. The van der Waals surface area contributed by atoms with Crippen LogP contribution in [0, 0.1) is 5.41 Å². The van der Waals surface area contributed by atoms with Crippen molar-refractivity contribution in [3.05, 3.63) is 0 Å². The molecular weight excluding hydrogens is 112 g/mol. The van der Waals surface area contributed by atoms with E-state index in [9.17, 15) is 0 Å². The van der Waals surface area contributed by atoms with E-state index in [0.717, 1.165) is 13.1 Å². The van der Waals surface area contributed by atoms with Crippen LogP contribution in [0.5, 0.6) is 0 Å². The van der Waals surface area contributed by atoms with Crippen molar-refractivity contribution >= 4 is 0 Å². The molecule has 1 saturated heterocycles. The number of nitrogens with one attached hydrogen (secondary N) is 2. The Hall–Kier alpha value is -0.0800. The molecule has 0 aromatic heterocycles. The minimum Gasteiger partial charge on any atom is -0.316 e. The van der Waals surface area contributed by atoms with Crippen LogP contribution in [0.25, 0.3) is 0 Å². The van der Waals surface area contributed by atoms with Gasteiger partial charge in [0.05, 0.1) is 0 Å². The molecule has 0 aromatic carbocycles. The maximum Gasteiger partial charge on any atom is 0.00490 e. The molecule has 1 rings (SSSR count). The third-order valence-corrected chi connectivity index (χ3v) is 1.91. The molecule has 0 unspecified atom stereocenters. The lowest BCUT2D eigenvalue weighted by Crippen LogP contribution is -2.56. The van der Waals surface area contributed by atoms with Crippen molar-refractivity contribution in [1.29, 1.82) is 0 Å². The molecule has 1 heterocycles. The van der Waals surface area contributed by atoms with Gasteiger partial charge in [0, 0.05) is 25.0 Å². The third kappa shape index (κ3) is 1.66. The minimum absolute atomic E-state index is 0.552. The first-order valence-corrected chi connectivity index (χ1v) is 3.68. The Kier molecular flexibility index (Phi) is 2.09. The van der Waals surface area contributed by atoms with E-state index in [2.05, 4.69) is 24.5 Å². The summed E-state index contributed by atoms with van der Waals surface area (Å²) < 4.78 is 0. The standard InChI is InChI=1S/C7H16N2/c1-3-8-4-7(2)5-9-6-7/h8-9H,3-6H2,1-2H3. The topological polar surface area (TPSA) is 24.1 Å². The van der Waals surface area contributed by atoms with Gasteiger partial charge in [0.1, 0.15) is 0 Å². The third-order valence-electron chi connectivity index (χ3n) is 1.91. The first-order chi connectivity index (χ1) is 4.27. The van der Waals surface area contributed by atoms with E-state index < -0.39 is 0 Å². The van der Waals surface area contributed by atoms with Gasteiger partial charge < -0.3 is 10.6 Å². The number of hydrogen-bond acceptors (Lipinski definition) is 2. The predicted molar refractivity (Wildman–Crippen MR) is 39.5 cm³/mol. The van der Waals surface area contributed by atoms with Crippen LogP contribution in [0.4, 0.5) is 0 Å². The van der Waals surface area contributed by atoms with Gasteiger partial charge in [-0.3, -0.25) is 0 Å². The van der Waals surface area contributed by atoms with Crippen LogP contribution < -0.4 is 10.6 Å². The molecule has 0 aliphatic carbocycles. The highest BCUT2D eigenvalue weighted by Crippen LogP contribution is 2.18. The number of rotatable bonds is 3. The molecule has 2 heteroatoms. The van der Waals surface area contributed by atoms with E-state index in [-0.39, 0.29) is 0 Å². The van der Waals surface area contributed by atoms with Crippen molar-refractivity contribution in [2.24, 2.45) is 5.41 Å².